The molecule has 0 fully saturated rings. The number of nitrogens with zero attached hydrogens (tertiary/aromatic N) is 1. The zero-order valence-corrected chi connectivity index (χ0v) is 16.1. The highest BCUT2D eigenvalue weighted by atomic mass is 127. The molecule has 0 aliphatic rings. The maximum absolute atomic E-state index is 4.26. The number of rotatable bonds is 10. The average Bonchev–Trinajstić information content (AvgIpc) is 2.37. The van der Waals surface area contributed by atoms with Gasteiger partial charge in [0.1, 0.15) is 0 Å². The quantitative estimate of drug-likeness (QED) is 0.252. The number of aliphatic imine (C=N–C) groups is 1. The van der Waals surface area contributed by atoms with Gasteiger partial charge >= 0.3 is 0 Å². The molecule has 0 aromatic carbocycles. The first-order valence-corrected chi connectivity index (χ1v) is 8.60. The molecule has 3 nitrogen and oxygen atoms in total. The lowest BCUT2D eigenvalue weighted by Crippen LogP contribution is -2.42. The molecule has 0 aromatic rings. The lowest BCUT2D eigenvalue weighted by Gasteiger charge is -2.17. The van der Waals surface area contributed by atoms with E-state index >= 15 is 0 Å². The Morgan fingerprint density at radius 1 is 1.21 bits per heavy atom. The minimum absolute atomic E-state index is 0. The molecule has 0 aromatic heterocycles. The molecule has 0 aliphatic heterocycles. The fraction of sp³-hybridized carbons (Fsp3) is 0.929. The summed E-state index contributed by atoms with van der Waals surface area (Å²) in [5.74, 6) is 2.20. The van der Waals surface area contributed by atoms with Gasteiger partial charge < -0.3 is 10.6 Å². The monoisotopic (exact) mass is 401 g/mol. The summed E-state index contributed by atoms with van der Waals surface area (Å²) in [6, 6.07) is 0.508. The van der Waals surface area contributed by atoms with E-state index in [9.17, 15) is 0 Å². The van der Waals surface area contributed by atoms with Crippen molar-refractivity contribution in [1.29, 1.82) is 0 Å². The largest absolute Gasteiger partial charge is 0.356 e. The summed E-state index contributed by atoms with van der Waals surface area (Å²) in [5, 5.41) is 6.83. The highest BCUT2D eigenvalue weighted by Gasteiger charge is 2.04. The maximum Gasteiger partial charge on any atom is 0.191 e. The van der Waals surface area contributed by atoms with Gasteiger partial charge in [-0.1, -0.05) is 26.2 Å². The Kier molecular flexibility index (Phi) is 18.7. The van der Waals surface area contributed by atoms with E-state index in [-0.39, 0.29) is 24.0 Å². The van der Waals surface area contributed by atoms with Gasteiger partial charge in [-0.05, 0) is 38.2 Å². The zero-order valence-electron chi connectivity index (χ0n) is 13.0. The second kappa shape index (κ2) is 16.4. The molecule has 0 amide bonds. The van der Waals surface area contributed by atoms with Crippen molar-refractivity contribution >= 4 is 41.7 Å². The van der Waals surface area contributed by atoms with Crippen LogP contribution < -0.4 is 10.6 Å². The molecule has 0 radical (unpaired) electrons. The highest BCUT2D eigenvalue weighted by Crippen LogP contribution is 2.02. The third kappa shape index (κ3) is 14.6. The summed E-state index contributed by atoms with van der Waals surface area (Å²) < 4.78 is 0. The molecule has 19 heavy (non-hydrogen) atoms. The Morgan fingerprint density at radius 2 is 1.95 bits per heavy atom. The van der Waals surface area contributed by atoms with Crippen LogP contribution in [0.4, 0.5) is 0 Å². The van der Waals surface area contributed by atoms with Crippen molar-refractivity contribution in [2.45, 2.75) is 58.4 Å². The second-order valence-corrected chi connectivity index (χ2v) is 5.73. The van der Waals surface area contributed by atoms with E-state index in [0.29, 0.717) is 6.04 Å². The number of hydrogen-bond acceptors (Lipinski definition) is 2. The van der Waals surface area contributed by atoms with Crippen molar-refractivity contribution in [3.05, 3.63) is 0 Å². The van der Waals surface area contributed by atoms with Crippen LogP contribution in [0.3, 0.4) is 0 Å². The van der Waals surface area contributed by atoms with Crippen LogP contribution in [0.15, 0.2) is 4.99 Å². The second-order valence-electron chi connectivity index (χ2n) is 4.74. The van der Waals surface area contributed by atoms with Crippen LogP contribution in [-0.4, -0.2) is 37.6 Å². The van der Waals surface area contributed by atoms with Crippen molar-refractivity contribution < 1.29 is 0 Å². The van der Waals surface area contributed by atoms with Crippen molar-refractivity contribution in [3.8, 4) is 0 Å². The third-order valence-corrected chi connectivity index (χ3v) is 3.61. The van der Waals surface area contributed by atoms with Crippen LogP contribution in [-0.2, 0) is 0 Å². The summed E-state index contributed by atoms with van der Waals surface area (Å²) in [6.45, 7) is 5.49. The van der Waals surface area contributed by atoms with E-state index < -0.39 is 0 Å². The Morgan fingerprint density at radius 3 is 2.53 bits per heavy atom. The molecule has 2 N–H and O–H groups in total. The van der Waals surface area contributed by atoms with Crippen molar-refractivity contribution in [2.24, 2.45) is 4.99 Å². The number of thioether (sulfide) groups is 1. The van der Waals surface area contributed by atoms with Crippen LogP contribution in [0.2, 0.25) is 0 Å². The van der Waals surface area contributed by atoms with Gasteiger partial charge in [0, 0.05) is 19.6 Å². The van der Waals surface area contributed by atoms with Crippen LogP contribution in [0, 0.1) is 0 Å². The predicted molar refractivity (Wildman–Crippen MR) is 101 cm³/mol. The molecule has 0 spiro atoms. The molecule has 1 unspecified atom stereocenters. The summed E-state index contributed by atoms with van der Waals surface area (Å²) in [7, 11) is 1.84. The van der Waals surface area contributed by atoms with Gasteiger partial charge in [-0.3, -0.25) is 4.99 Å². The molecule has 0 bridgehead atoms. The fourth-order valence-corrected chi connectivity index (χ4v) is 2.27. The van der Waals surface area contributed by atoms with Gasteiger partial charge in [0.15, 0.2) is 5.96 Å². The third-order valence-electron chi connectivity index (χ3n) is 2.92. The molecule has 0 heterocycles. The van der Waals surface area contributed by atoms with E-state index in [1.807, 2.05) is 18.8 Å². The van der Waals surface area contributed by atoms with Gasteiger partial charge in [-0.15, -0.1) is 24.0 Å². The molecule has 0 saturated heterocycles. The van der Waals surface area contributed by atoms with Crippen LogP contribution in [0.25, 0.3) is 0 Å². The summed E-state index contributed by atoms with van der Waals surface area (Å²) in [5.41, 5.74) is 0. The Labute approximate surface area is 141 Å². The first kappa shape index (κ1) is 21.6. The first-order valence-electron chi connectivity index (χ1n) is 7.20. The predicted octanol–water partition coefficient (Wildman–Crippen LogP) is 3.88. The van der Waals surface area contributed by atoms with E-state index in [2.05, 4.69) is 35.7 Å². The Bertz CT molecular complexity index is 213. The SMILES string of the molecule is CCCCCC(C)NC(=NC)NCCCCSC.I. The number of unbranched alkanes of at least 4 members (excludes halogenated alkanes) is 3. The summed E-state index contributed by atoms with van der Waals surface area (Å²) in [4.78, 5) is 4.26. The minimum Gasteiger partial charge on any atom is -0.356 e. The molecule has 0 saturated carbocycles. The highest BCUT2D eigenvalue weighted by molar-refractivity contribution is 14.0. The van der Waals surface area contributed by atoms with Gasteiger partial charge in [-0.25, -0.2) is 0 Å². The van der Waals surface area contributed by atoms with Crippen LogP contribution in [0.1, 0.15) is 52.4 Å². The zero-order chi connectivity index (χ0) is 13.6. The molecular formula is C14H32IN3S. The number of nitrogens with one attached hydrogen (secondary N) is 2. The van der Waals surface area contributed by atoms with Gasteiger partial charge in [0.2, 0.25) is 0 Å². The summed E-state index contributed by atoms with van der Waals surface area (Å²) >= 11 is 1.91. The normalized spacial score (nSPS) is 12.7. The van der Waals surface area contributed by atoms with Crippen molar-refractivity contribution in [3.63, 3.8) is 0 Å². The van der Waals surface area contributed by atoms with E-state index in [0.717, 1.165) is 12.5 Å². The Balaban J connectivity index is 0. The number of guanidine groups is 1. The molecule has 1 atom stereocenters. The van der Waals surface area contributed by atoms with E-state index in [1.54, 1.807) is 0 Å². The lowest BCUT2D eigenvalue weighted by atomic mass is 10.1. The molecule has 0 rings (SSSR count). The van der Waals surface area contributed by atoms with Crippen molar-refractivity contribution in [2.75, 3.05) is 25.6 Å². The Hall–Kier alpha value is 0.350. The first-order chi connectivity index (χ1) is 8.74. The van der Waals surface area contributed by atoms with Crippen molar-refractivity contribution in [1.82, 2.24) is 10.6 Å². The smallest absolute Gasteiger partial charge is 0.191 e. The van der Waals surface area contributed by atoms with Gasteiger partial charge in [0.25, 0.3) is 0 Å². The standard InChI is InChI=1S/C14H31N3S.HI/c1-5-6-7-10-13(2)17-14(15-3)16-11-8-9-12-18-4;/h13H,5-12H2,1-4H3,(H2,15,16,17);1H. The van der Waals surface area contributed by atoms with Gasteiger partial charge in [0.05, 0.1) is 0 Å². The maximum atomic E-state index is 4.26. The average molecular weight is 401 g/mol. The molecule has 116 valence electrons. The van der Waals surface area contributed by atoms with E-state index in [4.69, 9.17) is 0 Å². The lowest BCUT2D eigenvalue weighted by molar-refractivity contribution is 0.546. The number of hydrogen-bond donors (Lipinski definition) is 2. The summed E-state index contributed by atoms with van der Waals surface area (Å²) in [6.07, 6.45) is 9.78. The molecule has 5 heteroatoms. The molecular weight excluding hydrogens is 369 g/mol. The van der Waals surface area contributed by atoms with Gasteiger partial charge in [-0.2, -0.15) is 11.8 Å². The fourth-order valence-electron chi connectivity index (χ4n) is 1.78. The van der Waals surface area contributed by atoms with Crippen LogP contribution >= 0.6 is 35.7 Å². The topological polar surface area (TPSA) is 36.4 Å². The molecule has 0 aliphatic carbocycles. The minimum atomic E-state index is 0. The number of halogens is 1. The van der Waals surface area contributed by atoms with Crippen LogP contribution in [0.5, 0.6) is 0 Å². The van der Waals surface area contributed by atoms with E-state index in [1.165, 1.54) is 44.3 Å².